The molecular formula is C40H56N2O4S. The summed E-state index contributed by atoms with van der Waals surface area (Å²) in [6, 6.07) is 17.9. The first-order valence-corrected chi connectivity index (χ1v) is 18.6. The van der Waals surface area contributed by atoms with E-state index in [2.05, 4.69) is 146 Å². The van der Waals surface area contributed by atoms with Gasteiger partial charge >= 0.3 is 0 Å². The second-order valence-corrected chi connectivity index (χ2v) is 14.5. The molecule has 0 atom stereocenters. The third-order valence-electron chi connectivity index (χ3n) is 9.23. The Morgan fingerprint density at radius 2 is 1.34 bits per heavy atom. The Balaban J connectivity index is 0.000000913. The summed E-state index contributed by atoms with van der Waals surface area (Å²) >= 11 is 0. The molecule has 47 heavy (non-hydrogen) atoms. The van der Waals surface area contributed by atoms with Crippen LogP contribution in [0.3, 0.4) is 0 Å². The van der Waals surface area contributed by atoms with Crippen LogP contribution in [-0.4, -0.2) is 43.5 Å². The summed E-state index contributed by atoms with van der Waals surface area (Å²) < 4.78 is 33.6. The molecule has 2 aromatic rings. The number of para-hydroxylation sites is 2. The molecule has 0 amide bonds. The van der Waals surface area contributed by atoms with Crippen molar-refractivity contribution in [1.29, 1.82) is 0 Å². The summed E-state index contributed by atoms with van der Waals surface area (Å²) in [7, 11) is -3.60. The van der Waals surface area contributed by atoms with Gasteiger partial charge in [-0.05, 0) is 44.4 Å². The lowest BCUT2D eigenvalue weighted by Gasteiger charge is -2.27. The maximum absolute atomic E-state index is 9.22. The van der Waals surface area contributed by atoms with E-state index in [0.717, 1.165) is 20.2 Å². The third kappa shape index (κ3) is 10.1. The van der Waals surface area contributed by atoms with E-state index in [4.69, 9.17) is 0 Å². The van der Waals surface area contributed by atoms with Crippen molar-refractivity contribution in [3.8, 4) is 0 Å². The molecule has 7 heteroatoms. The van der Waals surface area contributed by atoms with Gasteiger partial charge in [-0.25, -0.2) is 8.42 Å². The van der Waals surface area contributed by atoms with Gasteiger partial charge in [0.25, 0.3) is 0 Å². The summed E-state index contributed by atoms with van der Waals surface area (Å²) in [4.78, 5) is 2.56. The van der Waals surface area contributed by atoms with Crippen molar-refractivity contribution in [2.24, 2.45) is 0 Å². The number of hydrogen-bond donors (Lipinski definition) is 0. The number of nitrogens with zero attached hydrogens (tertiary/aromatic N) is 2. The van der Waals surface area contributed by atoms with Crippen molar-refractivity contribution in [1.82, 2.24) is 0 Å². The van der Waals surface area contributed by atoms with Gasteiger partial charge in [-0.1, -0.05) is 127 Å². The zero-order valence-electron chi connectivity index (χ0n) is 29.7. The first-order valence-electron chi connectivity index (χ1n) is 17.2. The number of fused-ring (bicyclic) bond motifs is 2. The molecule has 2 aliphatic rings. The van der Waals surface area contributed by atoms with Crippen molar-refractivity contribution in [3.05, 3.63) is 108 Å². The molecule has 256 valence electrons. The summed E-state index contributed by atoms with van der Waals surface area (Å²) in [5.74, 6) is 0. The minimum absolute atomic E-state index is 0.00952. The first-order chi connectivity index (χ1) is 22.4. The minimum atomic E-state index is -4.41. The molecule has 0 saturated heterocycles. The second-order valence-electron chi connectivity index (χ2n) is 13.3. The van der Waals surface area contributed by atoms with Crippen molar-refractivity contribution in [2.45, 2.75) is 104 Å². The summed E-state index contributed by atoms with van der Waals surface area (Å²) in [6.45, 7) is 16.2. The van der Waals surface area contributed by atoms with Crippen LogP contribution in [0.1, 0.15) is 104 Å². The van der Waals surface area contributed by atoms with E-state index >= 15 is 0 Å². The molecule has 0 saturated carbocycles. The molecule has 2 aromatic carbocycles. The number of hydrogen-bond acceptors (Lipinski definition) is 5. The average molecular weight is 661 g/mol. The molecule has 2 heterocycles. The van der Waals surface area contributed by atoms with Crippen LogP contribution in [0.5, 0.6) is 0 Å². The smallest absolute Gasteiger partial charge is 0.217 e. The van der Waals surface area contributed by atoms with Crippen LogP contribution in [0.25, 0.3) is 0 Å². The Morgan fingerprint density at radius 3 is 2.00 bits per heavy atom. The predicted molar refractivity (Wildman–Crippen MR) is 197 cm³/mol. The van der Waals surface area contributed by atoms with Crippen LogP contribution >= 0.6 is 0 Å². The van der Waals surface area contributed by atoms with Gasteiger partial charge in [0.15, 0.2) is 5.71 Å². The van der Waals surface area contributed by atoms with Crippen molar-refractivity contribution in [2.75, 3.05) is 25.1 Å². The Hall–Kier alpha value is -3.26. The number of allylic oxidation sites excluding steroid dienone is 8. The quantitative estimate of drug-likeness (QED) is 0.0625. The van der Waals surface area contributed by atoms with Gasteiger partial charge in [0.05, 0.1) is 12.5 Å². The van der Waals surface area contributed by atoms with Crippen LogP contribution in [-0.2, 0) is 25.4 Å². The molecule has 0 N–H and O–H groups in total. The molecule has 0 unspecified atom stereocenters. The standard InChI is InChI=1S/C39H53N2.CH4O4S/c1-7-9-11-22-30-40-34-26-20-18-24-32(34)38(3,4)36(40)28-16-14-13-15-17-29-37-39(5,6)33-25-19-21-27-35(33)41(37)31-23-12-10-8-2;1-5-6(2,3)4/h13-21,24-29H,7-12,22-23,30-31H2,1-6H3;1H3,(H,2,3,4)/q+1;/p-1. The Kier molecular flexibility index (Phi) is 14.4. The lowest BCUT2D eigenvalue weighted by atomic mass is 9.81. The molecule has 0 bridgehead atoms. The number of unbranched alkanes of at least 4 members (excludes halogenated alkanes) is 6. The fourth-order valence-electron chi connectivity index (χ4n) is 6.64. The van der Waals surface area contributed by atoms with Gasteiger partial charge in [0, 0.05) is 47.5 Å². The van der Waals surface area contributed by atoms with E-state index in [1.54, 1.807) is 0 Å². The topological polar surface area (TPSA) is 72.7 Å². The van der Waals surface area contributed by atoms with Gasteiger partial charge in [-0.15, -0.1) is 0 Å². The predicted octanol–water partition coefficient (Wildman–Crippen LogP) is 9.67. The molecule has 2 aliphatic heterocycles. The monoisotopic (exact) mass is 660 g/mol. The van der Waals surface area contributed by atoms with Crippen molar-refractivity contribution >= 4 is 27.5 Å². The maximum Gasteiger partial charge on any atom is 0.217 e. The van der Waals surface area contributed by atoms with Crippen LogP contribution in [0.15, 0.2) is 96.8 Å². The van der Waals surface area contributed by atoms with E-state index in [1.807, 2.05) is 0 Å². The van der Waals surface area contributed by atoms with Gasteiger partial charge in [0.2, 0.25) is 16.1 Å². The van der Waals surface area contributed by atoms with Crippen molar-refractivity contribution in [3.63, 3.8) is 0 Å². The number of rotatable bonds is 15. The summed E-state index contributed by atoms with van der Waals surface area (Å²) in [5.41, 5.74) is 8.44. The fourth-order valence-corrected chi connectivity index (χ4v) is 6.64. The maximum atomic E-state index is 9.22. The number of anilines is 1. The highest BCUT2D eigenvalue weighted by Gasteiger charge is 2.43. The molecular weight excluding hydrogens is 605 g/mol. The summed E-state index contributed by atoms with van der Waals surface area (Å²) in [5, 5.41) is 0. The normalized spacial score (nSPS) is 17.6. The molecule has 0 fully saturated rings. The van der Waals surface area contributed by atoms with E-state index in [-0.39, 0.29) is 10.8 Å². The second kappa shape index (κ2) is 17.8. The van der Waals surface area contributed by atoms with Crippen molar-refractivity contribution < 1.29 is 21.7 Å². The number of benzene rings is 2. The Labute approximate surface area is 285 Å². The molecule has 0 aliphatic carbocycles. The summed E-state index contributed by atoms with van der Waals surface area (Å²) in [6.07, 6.45) is 25.8. The molecule has 0 radical (unpaired) electrons. The molecule has 0 spiro atoms. The minimum Gasteiger partial charge on any atom is -0.726 e. The van der Waals surface area contributed by atoms with Gasteiger partial charge in [-0.3, -0.25) is 4.18 Å². The largest absolute Gasteiger partial charge is 0.726 e. The van der Waals surface area contributed by atoms with Crippen LogP contribution < -0.4 is 4.90 Å². The highest BCUT2D eigenvalue weighted by atomic mass is 32.3. The molecule has 4 rings (SSSR count). The zero-order valence-corrected chi connectivity index (χ0v) is 30.5. The fraction of sp³-hybridized carbons (Fsp3) is 0.475. The van der Waals surface area contributed by atoms with Gasteiger partial charge in [-0.2, -0.15) is 4.58 Å². The van der Waals surface area contributed by atoms with Crippen LogP contribution in [0.2, 0.25) is 0 Å². The first kappa shape index (κ1) is 38.2. The Morgan fingerprint density at radius 1 is 0.766 bits per heavy atom. The highest BCUT2D eigenvalue weighted by Crippen LogP contribution is 2.47. The van der Waals surface area contributed by atoms with E-state index in [9.17, 15) is 13.0 Å². The lowest BCUT2D eigenvalue weighted by molar-refractivity contribution is -0.438. The SMILES string of the molecule is CCCCCCN1C(=CC=CC=CC=CC2=[N+](CCCCCC)c3ccccc3C2(C)C)C(C)(C)c2ccccc21.COS(=O)(=O)[O-]. The molecule has 6 nitrogen and oxygen atoms in total. The highest BCUT2D eigenvalue weighted by molar-refractivity contribution is 7.80. The van der Waals surface area contributed by atoms with Gasteiger partial charge < -0.3 is 9.45 Å². The Bertz CT molecular complexity index is 1580. The van der Waals surface area contributed by atoms with Crippen LogP contribution in [0.4, 0.5) is 11.4 Å². The third-order valence-corrected chi connectivity index (χ3v) is 9.63. The molecule has 0 aromatic heterocycles. The average Bonchev–Trinajstić information content (AvgIpc) is 3.39. The lowest BCUT2D eigenvalue weighted by Crippen LogP contribution is -2.27. The zero-order chi connectivity index (χ0) is 34.5. The van der Waals surface area contributed by atoms with E-state index in [1.165, 1.54) is 85.3 Å². The van der Waals surface area contributed by atoms with Gasteiger partial charge in [0.1, 0.15) is 6.54 Å². The van der Waals surface area contributed by atoms with E-state index < -0.39 is 10.4 Å². The van der Waals surface area contributed by atoms with Crippen LogP contribution in [0, 0.1) is 0 Å². The van der Waals surface area contributed by atoms with E-state index in [0.29, 0.717) is 0 Å².